The highest BCUT2D eigenvalue weighted by Crippen LogP contribution is 2.85. The third-order valence-corrected chi connectivity index (χ3v) is 9.06. The van der Waals surface area contributed by atoms with E-state index in [0.29, 0.717) is 11.8 Å². The van der Waals surface area contributed by atoms with E-state index in [4.69, 9.17) is 9.97 Å². The van der Waals surface area contributed by atoms with E-state index < -0.39 is 0 Å². The molecule has 4 aromatic rings. The molecular weight excluding hydrogens is 388 g/mol. The summed E-state index contributed by atoms with van der Waals surface area (Å²) in [6, 6.07) is 18.4. The standard InChI is InChI=1S/C30H30N2/c1-5-11-29-21-15-19-9-7-8-10-20(19)16-22(21)30(12-6-2)27(29)25(29)26-28(30)32-24-14-18(4)17(3)13-23(24)31-26/h7-10,13-16,25,27H,5-6,11-12H2,1-4H3. The molecule has 1 aromatic heterocycles. The normalized spacial score (nSPS) is 28.8. The van der Waals surface area contributed by atoms with E-state index in [-0.39, 0.29) is 10.8 Å². The van der Waals surface area contributed by atoms with Gasteiger partial charge in [0.1, 0.15) is 0 Å². The van der Waals surface area contributed by atoms with Crippen LogP contribution < -0.4 is 0 Å². The van der Waals surface area contributed by atoms with Crippen molar-refractivity contribution in [3.05, 3.63) is 82.2 Å². The summed E-state index contributed by atoms with van der Waals surface area (Å²) in [5.41, 5.74) is 10.8. The minimum Gasteiger partial charge on any atom is -0.249 e. The van der Waals surface area contributed by atoms with E-state index in [1.807, 2.05) is 0 Å². The largest absolute Gasteiger partial charge is 0.249 e. The van der Waals surface area contributed by atoms with E-state index >= 15 is 0 Å². The van der Waals surface area contributed by atoms with E-state index in [0.717, 1.165) is 11.0 Å². The molecule has 1 fully saturated rings. The van der Waals surface area contributed by atoms with Crippen molar-refractivity contribution in [1.82, 2.24) is 9.97 Å². The topological polar surface area (TPSA) is 25.8 Å². The molecule has 160 valence electrons. The van der Waals surface area contributed by atoms with Crippen molar-refractivity contribution in [2.24, 2.45) is 5.92 Å². The SMILES string of the molecule is CCCC12c3cc4ccccc4cc3C3(CCC)C(c4nc5cc(C)c(C)cc5nc41)C23. The van der Waals surface area contributed by atoms with Gasteiger partial charge in [-0.3, -0.25) is 0 Å². The quantitative estimate of drug-likeness (QED) is 0.348. The summed E-state index contributed by atoms with van der Waals surface area (Å²) in [5.74, 6) is 1.17. The summed E-state index contributed by atoms with van der Waals surface area (Å²) in [7, 11) is 0. The van der Waals surface area contributed by atoms with Crippen molar-refractivity contribution in [3.8, 4) is 0 Å². The first-order valence-electron chi connectivity index (χ1n) is 12.4. The molecule has 0 N–H and O–H groups in total. The van der Waals surface area contributed by atoms with Crippen molar-refractivity contribution < 1.29 is 0 Å². The average Bonchev–Trinajstić information content (AvgIpc) is 3.31. The molecular formula is C30H30N2. The Morgan fingerprint density at radius 3 is 2.06 bits per heavy atom. The van der Waals surface area contributed by atoms with Crippen LogP contribution in [0.25, 0.3) is 21.8 Å². The zero-order valence-corrected chi connectivity index (χ0v) is 19.5. The maximum Gasteiger partial charge on any atom is 0.0893 e. The molecule has 0 bridgehead atoms. The smallest absolute Gasteiger partial charge is 0.0893 e. The monoisotopic (exact) mass is 418 g/mol. The predicted octanol–water partition coefficient (Wildman–Crippen LogP) is 7.26. The minimum atomic E-state index is 0.0310. The maximum atomic E-state index is 5.42. The fourth-order valence-electron chi connectivity index (χ4n) is 7.87. The third-order valence-electron chi connectivity index (χ3n) is 9.06. The molecule has 0 aliphatic heterocycles. The van der Waals surface area contributed by atoms with Crippen LogP contribution in [-0.4, -0.2) is 9.97 Å². The van der Waals surface area contributed by atoms with Gasteiger partial charge in [0.15, 0.2) is 0 Å². The Balaban J connectivity index is 1.58. The van der Waals surface area contributed by atoms with Gasteiger partial charge in [0, 0.05) is 16.7 Å². The van der Waals surface area contributed by atoms with Gasteiger partial charge >= 0.3 is 0 Å². The first-order chi connectivity index (χ1) is 15.6. The van der Waals surface area contributed by atoms with E-state index in [9.17, 15) is 0 Å². The molecule has 0 spiro atoms. The molecule has 0 saturated heterocycles. The number of nitrogens with zero attached hydrogens (tertiary/aromatic N) is 2. The first kappa shape index (κ1) is 18.8. The number of aromatic nitrogens is 2. The average molecular weight is 419 g/mol. The molecule has 1 saturated carbocycles. The van der Waals surface area contributed by atoms with Gasteiger partial charge in [-0.05, 0) is 83.8 Å². The number of benzene rings is 3. The lowest BCUT2D eigenvalue weighted by molar-refractivity contribution is 0.397. The lowest BCUT2D eigenvalue weighted by Gasteiger charge is -2.30. The lowest BCUT2D eigenvalue weighted by Crippen LogP contribution is -2.29. The van der Waals surface area contributed by atoms with E-state index in [1.54, 1.807) is 11.1 Å². The van der Waals surface area contributed by atoms with Crippen molar-refractivity contribution in [1.29, 1.82) is 0 Å². The molecule has 4 atom stereocenters. The van der Waals surface area contributed by atoms with E-state index in [2.05, 4.69) is 76.2 Å². The van der Waals surface area contributed by atoms with Gasteiger partial charge in [-0.25, -0.2) is 9.97 Å². The van der Waals surface area contributed by atoms with Crippen molar-refractivity contribution in [2.45, 2.75) is 70.1 Å². The van der Waals surface area contributed by atoms with E-state index in [1.165, 1.54) is 59.0 Å². The van der Waals surface area contributed by atoms with Crippen LogP contribution in [0.1, 0.15) is 79.1 Å². The van der Waals surface area contributed by atoms with Gasteiger partial charge < -0.3 is 0 Å². The zero-order valence-electron chi connectivity index (χ0n) is 19.5. The molecule has 3 aliphatic carbocycles. The van der Waals surface area contributed by atoms with Gasteiger partial charge in [0.05, 0.1) is 22.4 Å². The molecule has 2 nitrogen and oxygen atoms in total. The number of hydrogen-bond donors (Lipinski definition) is 0. The van der Waals surface area contributed by atoms with Crippen molar-refractivity contribution in [3.63, 3.8) is 0 Å². The highest BCUT2D eigenvalue weighted by Gasteiger charge is 2.82. The molecule has 1 heterocycles. The van der Waals surface area contributed by atoms with Crippen LogP contribution in [0.5, 0.6) is 0 Å². The van der Waals surface area contributed by atoms with Gasteiger partial charge in [0.25, 0.3) is 0 Å². The van der Waals surface area contributed by atoms with Crippen LogP contribution in [0.15, 0.2) is 48.5 Å². The Labute approximate surface area is 190 Å². The molecule has 3 aliphatic rings. The summed E-state index contributed by atoms with van der Waals surface area (Å²) in [6.45, 7) is 9.06. The van der Waals surface area contributed by atoms with Crippen LogP contribution in [0.2, 0.25) is 0 Å². The van der Waals surface area contributed by atoms with Crippen LogP contribution in [-0.2, 0) is 10.8 Å². The fraction of sp³-hybridized carbons (Fsp3) is 0.400. The Morgan fingerprint density at radius 2 is 1.41 bits per heavy atom. The predicted molar refractivity (Wildman–Crippen MR) is 131 cm³/mol. The summed E-state index contributed by atoms with van der Waals surface area (Å²) < 4.78 is 0. The number of rotatable bonds is 4. The molecule has 0 amide bonds. The molecule has 2 heteroatoms. The fourth-order valence-corrected chi connectivity index (χ4v) is 7.87. The molecule has 3 aromatic carbocycles. The van der Waals surface area contributed by atoms with Crippen LogP contribution in [0.4, 0.5) is 0 Å². The highest BCUT2D eigenvalue weighted by atomic mass is 15.0. The Bertz CT molecular complexity index is 1450. The van der Waals surface area contributed by atoms with Gasteiger partial charge in [-0.2, -0.15) is 0 Å². The summed E-state index contributed by atoms with van der Waals surface area (Å²) in [4.78, 5) is 10.8. The summed E-state index contributed by atoms with van der Waals surface area (Å²) in [5, 5.41) is 2.74. The molecule has 32 heavy (non-hydrogen) atoms. The second kappa shape index (κ2) is 5.98. The van der Waals surface area contributed by atoms with Gasteiger partial charge in [0.2, 0.25) is 0 Å². The number of aryl methyl sites for hydroxylation is 2. The molecule has 0 radical (unpaired) electrons. The first-order valence-corrected chi connectivity index (χ1v) is 12.4. The Morgan fingerprint density at radius 1 is 0.781 bits per heavy atom. The number of fused-ring (bicyclic) bond motifs is 9. The summed E-state index contributed by atoms with van der Waals surface area (Å²) in [6.07, 6.45) is 4.81. The maximum absolute atomic E-state index is 5.42. The molecule has 7 rings (SSSR count). The number of hydrogen-bond acceptors (Lipinski definition) is 2. The Kier molecular flexibility index (Phi) is 3.51. The third kappa shape index (κ3) is 1.95. The Hall–Kier alpha value is -2.74. The van der Waals surface area contributed by atoms with Gasteiger partial charge in [-0.1, -0.05) is 57.0 Å². The second-order valence-electron chi connectivity index (χ2n) is 10.6. The highest BCUT2D eigenvalue weighted by molar-refractivity contribution is 5.88. The van der Waals surface area contributed by atoms with Crippen molar-refractivity contribution >= 4 is 21.8 Å². The minimum absolute atomic E-state index is 0.0310. The lowest BCUT2D eigenvalue weighted by atomic mass is 9.74. The van der Waals surface area contributed by atoms with Crippen LogP contribution >= 0.6 is 0 Å². The zero-order chi connectivity index (χ0) is 21.8. The molecule has 4 unspecified atom stereocenters. The summed E-state index contributed by atoms with van der Waals surface area (Å²) >= 11 is 0. The van der Waals surface area contributed by atoms with Gasteiger partial charge in [-0.15, -0.1) is 0 Å². The van der Waals surface area contributed by atoms with Crippen molar-refractivity contribution in [2.75, 3.05) is 0 Å². The van der Waals surface area contributed by atoms with Crippen LogP contribution in [0.3, 0.4) is 0 Å². The second-order valence-corrected chi connectivity index (χ2v) is 10.6. The van der Waals surface area contributed by atoms with Crippen LogP contribution in [0, 0.1) is 19.8 Å².